The van der Waals surface area contributed by atoms with E-state index in [0.717, 1.165) is 38.3 Å². The SMILES string of the molecule is CCN(CC)CCCNc1cnn(CCOC)c(=O)c1Br. The molecule has 0 aromatic carbocycles. The lowest BCUT2D eigenvalue weighted by Gasteiger charge is -2.18. The minimum atomic E-state index is -0.138. The zero-order chi connectivity index (χ0) is 15.7. The molecule has 1 aromatic rings. The summed E-state index contributed by atoms with van der Waals surface area (Å²) in [6.45, 7) is 9.25. The molecule has 1 N–H and O–H groups in total. The molecule has 0 bridgehead atoms. The number of rotatable bonds is 10. The molecule has 1 aromatic heterocycles. The number of anilines is 1. The van der Waals surface area contributed by atoms with Crippen LogP contribution in [-0.2, 0) is 11.3 Å². The molecule has 0 aliphatic carbocycles. The Kier molecular flexibility index (Phi) is 8.56. The zero-order valence-electron chi connectivity index (χ0n) is 13.1. The summed E-state index contributed by atoms with van der Waals surface area (Å²) in [4.78, 5) is 14.5. The van der Waals surface area contributed by atoms with Crippen LogP contribution in [0.3, 0.4) is 0 Å². The molecule has 7 heteroatoms. The van der Waals surface area contributed by atoms with E-state index in [0.29, 0.717) is 17.6 Å². The lowest BCUT2D eigenvalue weighted by Crippen LogP contribution is -2.27. The first-order valence-corrected chi connectivity index (χ1v) is 8.14. The average Bonchev–Trinajstić information content (AvgIpc) is 2.50. The third-order valence-electron chi connectivity index (χ3n) is 3.35. The van der Waals surface area contributed by atoms with E-state index in [1.807, 2.05) is 0 Å². The summed E-state index contributed by atoms with van der Waals surface area (Å²) in [7, 11) is 1.60. The molecule has 0 radical (unpaired) electrons. The van der Waals surface area contributed by atoms with Crippen molar-refractivity contribution in [3.05, 3.63) is 21.0 Å². The second-order valence-electron chi connectivity index (χ2n) is 4.70. The van der Waals surface area contributed by atoms with Gasteiger partial charge in [0, 0.05) is 13.7 Å². The normalized spacial score (nSPS) is 11.1. The summed E-state index contributed by atoms with van der Waals surface area (Å²) < 4.78 is 6.88. The fourth-order valence-corrected chi connectivity index (χ4v) is 2.44. The highest BCUT2D eigenvalue weighted by atomic mass is 79.9. The van der Waals surface area contributed by atoms with Crippen LogP contribution in [0.15, 0.2) is 15.5 Å². The molecule has 0 spiro atoms. The molecule has 0 atom stereocenters. The van der Waals surface area contributed by atoms with E-state index in [1.165, 1.54) is 4.68 Å². The summed E-state index contributed by atoms with van der Waals surface area (Å²) in [5, 5.41) is 7.40. The third kappa shape index (κ3) is 5.76. The minimum Gasteiger partial charge on any atom is -0.383 e. The van der Waals surface area contributed by atoms with E-state index >= 15 is 0 Å². The number of ether oxygens (including phenoxy) is 1. The second-order valence-corrected chi connectivity index (χ2v) is 5.49. The fourth-order valence-electron chi connectivity index (χ4n) is 1.99. The van der Waals surface area contributed by atoms with Gasteiger partial charge in [0.15, 0.2) is 0 Å². The van der Waals surface area contributed by atoms with E-state index in [9.17, 15) is 4.79 Å². The highest BCUT2D eigenvalue weighted by Gasteiger charge is 2.08. The molecule has 1 rings (SSSR count). The number of methoxy groups -OCH3 is 1. The second kappa shape index (κ2) is 9.92. The Morgan fingerprint density at radius 2 is 2.14 bits per heavy atom. The average molecular weight is 361 g/mol. The van der Waals surface area contributed by atoms with Crippen LogP contribution < -0.4 is 10.9 Å². The Morgan fingerprint density at radius 3 is 2.76 bits per heavy atom. The quantitative estimate of drug-likeness (QED) is 0.644. The molecule has 0 amide bonds. The number of halogens is 1. The first-order valence-electron chi connectivity index (χ1n) is 7.34. The van der Waals surface area contributed by atoms with Gasteiger partial charge in [0.1, 0.15) is 4.47 Å². The standard InChI is InChI=1S/C14H25BrN4O2/c1-4-18(5-2)8-6-7-16-12-11-17-19(9-10-21-3)14(20)13(12)15/h11,16H,4-10H2,1-3H3. The van der Waals surface area contributed by atoms with Crippen LogP contribution in [-0.4, -0.2) is 54.6 Å². The van der Waals surface area contributed by atoms with Gasteiger partial charge in [-0.3, -0.25) is 4.79 Å². The highest BCUT2D eigenvalue weighted by Crippen LogP contribution is 2.15. The van der Waals surface area contributed by atoms with Crippen LogP contribution in [0.2, 0.25) is 0 Å². The summed E-state index contributed by atoms with van der Waals surface area (Å²) in [5.74, 6) is 0. The van der Waals surface area contributed by atoms with Crippen LogP contribution in [0.4, 0.5) is 5.69 Å². The van der Waals surface area contributed by atoms with Crippen LogP contribution in [0, 0.1) is 0 Å². The van der Waals surface area contributed by atoms with E-state index in [-0.39, 0.29) is 5.56 Å². The van der Waals surface area contributed by atoms with E-state index < -0.39 is 0 Å². The molecular weight excluding hydrogens is 336 g/mol. The summed E-state index contributed by atoms with van der Waals surface area (Å²) in [6, 6.07) is 0. The van der Waals surface area contributed by atoms with Gasteiger partial charge < -0.3 is 15.0 Å². The molecular formula is C14H25BrN4O2. The molecule has 0 saturated carbocycles. The zero-order valence-corrected chi connectivity index (χ0v) is 14.6. The number of aromatic nitrogens is 2. The molecule has 0 fully saturated rings. The van der Waals surface area contributed by atoms with Crippen molar-refractivity contribution in [1.82, 2.24) is 14.7 Å². The van der Waals surface area contributed by atoms with Crippen molar-refractivity contribution >= 4 is 21.6 Å². The topological polar surface area (TPSA) is 59.4 Å². The van der Waals surface area contributed by atoms with Crippen molar-refractivity contribution in [3.63, 3.8) is 0 Å². The first-order chi connectivity index (χ1) is 10.1. The molecule has 0 saturated heterocycles. The Bertz CT molecular complexity index is 475. The van der Waals surface area contributed by atoms with E-state index in [4.69, 9.17) is 4.74 Å². The van der Waals surface area contributed by atoms with Gasteiger partial charge in [-0.05, 0) is 42.0 Å². The molecule has 120 valence electrons. The minimum absolute atomic E-state index is 0.138. The summed E-state index contributed by atoms with van der Waals surface area (Å²) in [5.41, 5.74) is 0.606. The maximum Gasteiger partial charge on any atom is 0.283 e. The number of nitrogens with zero attached hydrogens (tertiary/aromatic N) is 3. The molecule has 6 nitrogen and oxygen atoms in total. The number of nitrogens with one attached hydrogen (secondary N) is 1. The molecule has 0 aliphatic rings. The largest absolute Gasteiger partial charge is 0.383 e. The summed E-state index contributed by atoms with van der Waals surface area (Å²) in [6.07, 6.45) is 2.71. The van der Waals surface area contributed by atoms with Gasteiger partial charge in [0.2, 0.25) is 0 Å². The maximum atomic E-state index is 12.1. The van der Waals surface area contributed by atoms with Crippen molar-refractivity contribution in [3.8, 4) is 0 Å². The van der Waals surface area contributed by atoms with Gasteiger partial charge in [-0.2, -0.15) is 5.10 Å². The van der Waals surface area contributed by atoms with Crippen molar-refractivity contribution in [2.75, 3.05) is 45.2 Å². The molecule has 0 aliphatic heterocycles. The molecule has 0 unspecified atom stereocenters. The van der Waals surface area contributed by atoms with Crippen LogP contribution in [0.5, 0.6) is 0 Å². The lowest BCUT2D eigenvalue weighted by molar-refractivity contribution is 0.181. The molecule has 21 heavy (non-hydrogen) atoms. The smallest absolute Gasteiger partial charge is 0.283 e. The molecule has 1 heterocycles. The third-order valence-corrected chi connectivity index (χ3v) is 4.12. The van der Waals surface area contributed by atoms with Crippen molar-refractivity contribution in [2.24, 2.45) is 0 Å². The number of hydrogen-bond donors (Lipinski definition) is 1. The Labute approximate surface area is 134 Å². The fraction of sp³-hybridized carbons (Fsp3) is 0.714. The van der Waals surface area contributed by atoms with Gasteiger partial charge in [-0.1, -0.05) is 13.8 Å². The monoisotopic (exact) mass is 360 g/mol. The van der Waals surface area contributed by atoms with Crippen molar-refractivity contribution < 1.29 is 4.74 Å². The Balaban J connectivity index is 2.53. The van der Waals surface area contributed by atoms with Gasteiger partial charge in [0.05, 0.1) is 25.0 Å². The van der Waals surface area contributed by atoms with Gasteiger partial charge in [-0.15, -0.1) is 0 Å². The first kappa shape index (κ1) is 18.1. The van der Waals surface area contributed by atoms with E-state index in [1.54, 1.807) is 13.3 Å². The van der Waals surface area contributed by atoms with Crippen LogP contribution in [0.25, 0.3) is 0 Å². The highest BCUT2D eigenvalue weighted by molar-refractivity contribution is 9.10. The predicted octanol–water partition coefficient (Wildman–Crippen LogP) is 1.80. The van der Waals surface area contributed by atoms with Gasteiger partial charge in [0.25, 0.3) is 5.56 Å². The van der Waals surface area contributed by atoms with Crippen molar-refractivity contribution in [2.45, 2.75) is 26.8 Å². The Morgan fingerprint density at radius 1 is 1.43 bits per heavy atom. The van der Waals surface area contributed by atoms with E-state index in [2.05, 4.69) is 45.1 Å². The summed E-state index contributed by atoms with van der Waals surface area (Å²) >= 11 is 3.34. The number of hydrogen-bond acceptors (Lipinski definition) is 5. The lowest BCUT2D eigenvalue weighted by atomic mass is 10.3. The van der Waals surface area contributed by atoms with Gasteiger partial charge in [-0.25, -0.2) is 4.68 Å². The van der Waals surface area contributed by atoms with Crippen LogP contribution in [0.1, 0.15) is 20.3 Å². The Hall–Kier alpha value is -0.920. The van der Waals surface area contributed by atoms with Crippen LogP contribution >= 0.6 is 15.9 Å². The van der Waals surface area contributed by atoms with Crippen molar-refractivity contribution in [1.29, 1.82) is 0 Å². The maximum absolute atomic E-state index is 12.1. The predicted molar refractivity (Wildman–Crippen MR) is 89.0 cm³/mol. The van der Waals surface area contributed by atoms with Gasteiger partial charge >= 0.3 is 0 Å².